The summed E-state index contributed by atoms with van der Waals surface area (Å²) in [5.74, 6) is 0. The zero-order chi connectivity index (χ0) is 11.1. The van der Waals surface area contributed by atoms with Crippen LogP contribution in [0.5, 0.6) is 0 Å². The predicted octanol–water partition coefficient (Wildman–Crippen LogP) is 2.06. The molecule has 1 saturated carbocycles. The zero-order valence-corrected chi connectivity index (χ0v) is 8.87. The molecule has 1 aliphatic carbocycles. The fourth-order valence-electron chi connectivity index (χ4n) is 1.90. The van der Waals surface area contributed by atoms with Crippen molar-refractivity contribution >= 4 is 0 Å². The molecule has 0 amide bonds. The molecule has 2 nitrogen and oxygen atoms in total. The third kappa shape index (κ3) is 6.73. The van der Waals surface area contributed by atoms with Crippen LogP contribution >= 0.6 is 0 Å². The van der Waals surface area contributed by atoms with E-state index in [1.165, 1.54) is 32.1 Å². The lowest BCUT2D eigenvalue weighted by atomic mass is 9.95. The van der Waals surface area contributed by atoms with E-state index in [1.54, 1.807) is 0 Å². The van der Waals surface area contributed by atoms with E-state index in [1.807, 2.05) is 0 Å². The van der Waals surface area contributed by atoms with Crippen LogP contribution < -0.4 is 10.6 Å². The maximum atomic E-state index is 11.8. The number of alkyl halides is 3. The van der Waals surface area contributed by atoms with Gasteiger partial charge in [-0.15, -0.1) is 0 Å². The molecule has 0 aromatic heterocycles. The predicted molar refractivity (Wildman–Crippen MR) is 53.8 cm³/mol. The molecule has 0 aliphatic heterocycles. The maximum absolute atomic E-state index is 11.8. The highest BCUT2D eigenvalue weighted by Crippen LogP contribution is 2.17. The minimum absolute atomic E-state index is 0.385. The molecule has 0 heterocycles. The summed E-state index contributed by atoms with van der Waals surface area (Å²) < 4.78 is 35.3. The van der Waals surface area contributed by atoms with Crippen LogP contribution in [0.1, 0.15) is 32.1 Å². The molecule has 0 aromatic carbocycles. The maximum Gasteiger partial charge on any atom is 0.401 e. The highest BCUT2D eigenvalue weighted by Gasteiger charge is 2.25. The van der Waals surface area contributed by atoms with E-state index in [-0.39, 0.29) is 0 Å². The third-order valence-electron chi connectivity index (χ3n) is 2.67. The summed E-state index contributed by atoms with van der Waals surface area (Å²) in [6, 6.07) is 0.520. The number of hydrogen-bond acceptors (Lipinski definition) is 2. The second kappa shape index (κ2) is 6.33. The van der Waals surface area contributed by atoms with E-state index in [9.17, 15) is 13.2 Å². The second-order valence-corrected chi connectivity index (χ2v) is 4.08. The van der Waals surface area contributed by atoms with E-state index < -0.39 is 12.7 Å². The van der Waals surface area contributed by atoms with Gasteiger partial charge in [-0.3, -0.25) is 0 Å². The van der Waals surface area contributed by atoms with Gasteiger partial charge in [-0.2, -0.15) is 13.2 Å². The normalized spacial score (nSPS) is 19.4. The molecule has 15 heavy (non-hydrogen) atoms. The van der Waals surface area contributed by atoms with Gasteiger partial charge >= 0.3 is 6.18 Å². The summed E-state index contributed by atoms with van der Waals surface area (Å²) in [6.07, 6.45) is 2.02. The second-order valence-electron chi connectivity index (χ2n) is 4.08. The fourth-order valence-corrected chi connectivity index (χ4v) is 1.90. The Balaban J connectivity index is 1.92. The van der Waals surface area contributed by atoms with Gasteiger partial charge < -0.3 is 10.6 Å². The molecule has 0 aromatic rings. The molecule has 0 atom stereocenters. The van der Waals surface area contributed by atoms with E-state index in [2.05, 4.69) is 10.6 Å². The first-order chi connectivity index (χ1) is 7.08. The lowest BCUT2D eigenvalue weighted by Gasteiger charge is -2.22. The van der Waals surface area contributed by atoms with Gasteiger partial charge in [0.2, 0.25) is 0 Å². The SMILES string of the molecule is FC(F)(F)CNCCNC1CCCCC1. The van der Waals surface area contributed by atoms with Crippen molar-refractivity contribution in [2.75, 3.05) is 19.6 Å². The molecule has 5 heteroatoms. The Morgan fingerprint density at radius 3 is 2.27 bits per heavy atom. The zero-order valence-electron chi connectivity index (χ0n) is 8.87. The first-order valence-electron chi connectivity index (χ1n) is 5.59. The van der Waals surface area contributed by atoms with Crippen molar-refractivity contribution in [3.63, 3.8) is 0 Å². The van der Waals surface area contributed by atoms with Gasteiger partial charge in [0, 0.05) is 19.1 Å². The lowest BCUT2D eigenvalue weighted by molar-refractivity contribution is -0.124. The quantitative estimate of drug-likeness (QED) is 0.698. The monoisotopic (exact) mass is 224 g/mol. The molecular formula is C10H19F3N2. The Hall–Kier alpha value is -0.290. The van der Waals surface area contributed by atoms with Gasteiger partial charge in [-0.1, -0.05) is 19.3 Å². The minimum Gasteiger partial charge on any atom is -0.313 e. The lowest BCUT2D eigenvalue weighted by Crippen LogP contribution is -2.38. The van der Waals surface area contributed by atoms with Gasteiger partial charge in [0.1, 0.15) is 0 Å². The summed E-state index contributed by atoms with van der Waals surface area (Å²) in [4.78, 5) is 0. The number of nitrogens with one attached hydrogen (secondary N) is 2. The third-order valence-corrected chi connectivity index (χ3v) is 2.67. The average Bonchev–Trinajstić information content (AvgIpc) is 2.17. The van der Waals surface area contributed by atoms with Crippen molar-refractivity contribution in [3.05, 3.63) is 0 Å². The van der Waals surface area contributed by atoms with Crippen LogP contribution in [0.25, 0.3) is 0 Å². The Kier molecular flexibility index (Phi) is 5.39. The first-order valence-corrected chi connectivity index (χ1v) is 5.59. The Morgan fingerprint density at radius 2 is 1.67 bits per heavy atom. The summed E-state index contributed by atoms with van der Waals surface area (Å²) in [7, 11) is 0. The van der Waals surface area contributed by atoms with Gasteiger partial charge in [0.05, 0.1) is 6.54 Å². The largest absolute Gasteiger partial charge is 0.401 e. The standard InChI is InChI=1S/C10H19F3N2/c11-10(12,13)8-14-6-7-15-9-4-2-1-3-5-9/h9,14-15H,1-8H2. The van der Waals surface area contributed by atoms with Gasteiger partial charge in [-0.25, -0.2) is 0 Å². The summed E-state index contributed by atoms with van der Waals surface area (Å²) in [6.45, 7) is 0.121. The summed E-state index contributed by atoms with van der Waals surface area (Å²) >= 11 is 0. The van der Waals surface area contributed by atoms with Crippen LogP contribution in [0.2, 0.25) is 0 Å². The summed E-state index contributed by atoms with van der Waals surface area (Å²) in [5.41, 5.74) is 0. The average molecular weight is 224 g/mol. The van der Waals surface area contributed by atoms with Crippen molar-refractivity contribution in [2.24, 2.45) is 0 Å². The van der Waals surface area contributed by atoms with Crippen LogP contribution in [0.15, 0.2) is 0 Å². The van der Waals surface area contributed by atoms with Crippen molar-refractivity contribution in [1.29, 1.82) is 0 Å². The molecule has 1 fully saturated rings. The van der Waals surface area contributed by atoms with E-state index in [4.69, 9.17) is 0 Å². The van der Waals surface area contributed by atoms with Gasteiger partial charge in [0.25, 0.3) is 0 Å². The van der Waals surface area contributed by atoms with Crippen LogP contribution in [0.4, 0.5) is 13.2 Å². The van der Waals surface area contributed by atoms with E-state index >= 15 is 0 Å². The van der Waals surface area contributed by atoms with Gasteiger partial charge in [0.15, 0.2) is 0 Å². The van der Waals surface area contributed by atoms with Crippen LogP contribution in [0, 0.1) is 0 Å². The number of hydrogen-bond donors (Lipinski definition) is 2. The molecule has 1 aliphatic rings. The van der Waals surface area contributed by atoms with Crippen molar-refractivity contribution < 1.29 is 13.2 Å². The molecule has 0 radical (unpaired) electrons. The van der Waals surface area contributed by atoms with E-state index in [0.717, 1.165) is 0 Å². The molecule has 2 N–H and O–H groups in total. The minimum atomic E-state index is -4.09. The Morgan fingerprint density at radius 1 is 1.00 bits per heavy atom. The number of halogens is 3. The topological polar surface area (TPSA) is 24.1 Å². The van der Waals surface area contributed by atoms with Crippen molar-refractivity contribution in [1.82, 2.24) is 10.6 Å². The number of rotatable bonds is 5. The van der Waals surface area contributed by atoms with Crippen LogP contribution in [-0.4, -0.2) is 31.9 Å². The smallest absolute Gasteiger partial charge is 0.313 e. The Bertz CT molecular complexity index is 165. The first kappa shape index (κ1) is 12.8. The van der Waals surface area contributed by atoms with Crippen LogP contribution in [0.3, 0.4) is 0 Å². The molecule has 1 rings (SSSR count). The molecule has 90 valence electrons. The van der Waals surface area contributed by atoms with Crippen LogP contribution in [-0.2, 0) is 0 Å². The van der Waals surface area contributed by atoms with Gasteiger partial charge in [-0.05, 0) is 12.8 Å². The molecular weight excluding hydrogens is 205 g/mol. The molecule has 0 unspecified atom stereocenters. The fraction of sp³-hybridized carbons (Fsp3) is 1.00. The molecule has 0 saturated heterocycles. The van der Waals surface area contributed by atoms with Crippen molar-refractivity contribution in [3.8, 4) is 0 Å². The molecule has 0 spiro atoms. The van der Waals surface area contributed by atoms with E-state index in [0.29, 0.717) is 19.1 Å². The summed E-state index contributed by atoms with van der Waals surface area (Å²) in [5, 5.41) is 5.66. The molecule has 0 bridgehead atoms. The Labute approximate surface area is 88.6 Å². The highest BCUT2D eigenvalue weighted by molar-refractivity contribution is 4.72. The van der Waals surface area contributed by atoms with Crippen molar-refractivity contribution in [2.45, 2.75) is 44.3 Å². The highest BCUT2D eigenvalue weighted by atomic mass is 19.4.